The predicted octanol–water partition coefficient (Wildman–Crippen LogP) is 3.67. The molecule has 0 radical (unpaired) electrons. The lowest BCUT2D eigenvalue weighted by atomic mass is 9.93. The topological polar surface area (TPSA) is 15.3 Å². The second-order valence-corrected chi connectivity index (χ2v) is 5.79. The molecule has 0 aromatic heterocycles. The summed E-state index contributed by atoms with van der Waals surface area (Å²) in [5, 5.41) is 3.43. The van der Waals surface area contributed by atoms with Gasteiger partial charge in [-0.25, -0.2) is 0 Å². The van der Waals surface area contributed by atoms with E-state index in [-0.39, 0.29) is 17.3 Å². The Hall–Kier alpha value is -1.23. The molecule has 0 spiro atoms. The smallest absolute Gasteiger partial charge is 0.365 e. The van der Waals surface area contributed by atoms with Gasteiger partial charge in [0.2, 0.25) is 0 Å². The number of hydrogen-bond donors (Lipinski definition) is 1. The number of nitrogens with one attached hydrogen (secondary N) is 1. The quantitative estimate of drug-likeness (QED) is 0.892. The van der Waals surface area contributed by atoms with Crippen molar-refractivity contribution in [2.75, 3.05) is 18.0 Å². The van der Waals surface area contributed by atoms with Crippen molar-refractivity contribution >= 4 is 5.69 Å². The Morgan fingerprint density at radius 2 is 2.00 bits per heavy atom. The highest BCUT2D eigenvalue weighted by Crippen LogP contribution is 2.38. The van der Waals surface area contributed by atoms with Gasteiger partial charge >= 0.3 is 6.18 Å². The summed E-state index contributed by atoms with van der Waals surface area (Å²) in [5.41, 5.74) is -0.411. The van der Waals surface area contributed by atoms with Crippen LogP contribution in [0.15, 0.2) is 24.3 Å². The third-order valence-electron chi connectivity index (χ3n) is 4.17. The van der Waals surface area contributed by atoms with E-state index in [1.165, 1.54) is 6.07 Å². The summed E-state index contributed by atoms with van der Waals surface area (Å²) < 4.78 is 39.5. The van der Waals surface area contributed by atoms with Crippen LogP contribution in [0.2, 0.25) is 0 Å². The van der Waals surface area contributed by atoms with Gasteiger partial charge in [-0.15, -0.1) is 0 Å². The van der Waals surface area contributed by atoms with E-state index in [9.17, 15) is 13.2 Å². The largest absolute Gasteiger partial charge is 0.418 e. The van der Waals surface area contributed by atoms with Crippen LogP contribution in [-0.4, -0.2) is 24.7 Å². The first-order chi connectivity index (χ1) is 9.27. The molecular formula is C15H21F3N2. The van der Waals surface area contributed by atoms with E-state index in [1.807, 2.05) is 11.8 Å². The first-order valence-electron chi connectivity index (χ1n) is 6.95. The van der Waals surface area contributed by atoms with Gasteiger partial charge < -0.3 is 10.2 Å². The van der Waals surface area contributed by atoms with Crippen molar-refractivity contribution < 1.29 is 13.2 Å². The van der Waals surface area contributed by atoms with Gasteiger partial charge in [-0.3, -0.25) is 0 Å². The second kappa shape index (κ2) is 5.28. The number of halogens is 3. The maximum atomic E-state index is 13.2. The van der Waals surface area contributed by atoms with Gasteiger partial charge in [-0.1, -0.05) is 19.1 Å². The average Bonchev–Trinajstić information content (AvgIpc) is 2.41. The van der Waals surface area contributed by atoms with E-state index in [0.29, 0.717) is 13.1 Å². The second-order valence-electron chi connectivity index (χ2n) is 5.79. The molecule has 0 bridgehead atoms. The van der Waals surface area contributed by atoms with Crippen LogP contribution in [0.3, 0.4) is 0 Å². The minimum Gasteiger partial charge on any atom is -0.365 e. The van der Waals surface area contributed by atoms with Gasteiger partial charge in [0, 0.05) is 30.4 Å². The summed E-state index contributed by atoms with van der Waals surface area (Å²) in [4.78, 5) is 1.88. The van der Waals surface area contributed by atoms with E-state index >= 15 is 0 Å². The van der Waals surface area contributed by atoms with E-state index in [1.54, 1.807) is 12.1 Å². The Bertz CT molecular complexity index is 472. The number of anilines is 1. The van der Waals surface area contributed by atoms with E-state index in [2.05, 4.69) is 19.2 Å². The Labute approximate surface area is 118 Å². The van der Waals surface area contributed by atoms with Crippen molar-refractivity contribution in [2.45, 2.75) is 44.9 Å². The van der Waals surface area contributed by atoms with E-state index < -0.39 is 11.7 Å². The molecule has 2 atom stereocenters. The van der Waals surface area contributed by atoms with Crippen molar-refractivity contribution in [1.29, 1.82) is 0 Å². The summed E-state index contributed by atoms with van der Waals surface area (Å²) in [5.74, 6) is 0. The SMILES string of the molecule is CCC1(C)CN(c2ccccc2C(F)(F)F)C(C)CN1. The summed E-state index contributed by atoms with van der Waals surface area (Å²) in [6.07, 6.45) is -3.44. The molecule has 0 amide bonds. The van der Waals surface area contributed by atoms with Crippen LogP contribution in [0, 0.1) is 0 Å². The molecule has 1 fully saturated rings. The van der Waals surface area contributed by atoms with Crippen molar-refractivity contribution in [3.8, 4) is 0 Å². The van der Waals surface area contributed by atoms with Crippen LogP contribution in [0.25, 0.3) is 0 Å². The van der Waals surface area contributed by atoms with Gasteiger partial charge in [0.1, 0.15) is 0 Å². The molecule has 2 unspecified atom stereocenters. The molecule has 2 nitrogen and oxygen atoms in total. The maximum Gasteiger partial charge on any atom is 0.418 e. The molecule has 0 aliphatic carbocycles. The number of rotatable bonds is 2. The number of alkyl halides is 3. The third kappa shape index (κ3) is 2.92. The molecule has 1 aliphatic heterocycles. The predicted molar refractivity (Wildman–Crippen MR) is 75.0 cm³/mol. The highest BCUT2D eigenvalue weighted by Gasteiger charge is 2.38. The Morgan fingerprint density at radius 1 is 1.35 bits per heavy atom. The molecule has 1 aromatic rings. The first kappa shape index (κ1) is 15.2. The zero-order valence-electron chi connectivity index (χ0n) is 12.1. The van der Waals surface area contributed by atoms with Gasteiger partial charge in [0.05, 0.1) is 5.56 Å². The zero-order valence-corrected chi connectivity index (χ0v) is 12.1. The van der Waals surface area contributed by atoms with Crippen LogP contribution in [0.5, 0.6) is 0 Å². The Morgan fingerprint density at radius 3 is 2.60 bits per heavy atom. The van der Waals surface area contributed by atoms with Crippen LogP contribution in [-0.2, 0) is 6.18 Å². The first-order valence-corrected chi connectivity index (χ1v) is 6.95. The molecule has 0 saturated carbocycles. The molecule has 112 valence electrons. The minimum absolute atomic E-state index is 0.0399. The van der Waals surface area contributed by atoms with Crippen LogP contribution in [0.4, 0.5) is 18.9 Å². The maximum absolute atomic E-state index is 13.2. The fraction of sp³-hybridized carbons (Fsp3) is 0.600. The van der Waals surface area contributed by atoms with Gasteiger partial charge in [-0.05, 0) is 32.4 Å². The zero-order chi connectivity index (χ0) is 15.0. The van der Waals surface area contributed by atoms with Crippen LogP contribution in [0.1, 0.15) is 32.8 Å². The normalized spacial score (nSPS) is 27.7. The molecule has 1 saturated heterocycles. The monoisotopic (exact) mass is 286 g/mol. The minimum atomic E-state index is -4.32. The molecule has 1 aliphatic rings. The number of benzene rings is 1. The molecular weight excluding hydrogens is 265 g/mol. The van der Waals surface area contributed by atoms with Crippen molar-refractivity contribution in [2.24, 2.45) is 0 Å². The summed E-state index contributed by atoms with van der Waals surface area (Å²) >= 11 is 0. The third-order valence-corrected chi connectivity index (χ3v) is 4.17. The molecule has 20 heavy (non-hydrogen) atoms. The molecule has 1 aromatic carbocycles. The van der Waals surface area contributed by atoms with Crippen LogP contribution >= 0.6 is 0 Å². The number of para-hydroxylation sites is 1. The van der Waals surface area contributed by atoms with Gasteiger partial charge in [0.15, 0.2) is 0 Å². The van der Waals surface area contributed by atoms with E-state index in [4.69, 9.17) is 0 Å². The average molecular weight is 286 g/mol. The highest BCUT2D eigenvalue weighted by atomic mass is 19.4. The molecule has 1 heterocycles. The molecule has 1 N–H and O–H groups in total. The summed E-state index contributed by atoms with van der Waals surface area (Å²) in [6.45, 7) is 7.34. The standard InChI is InChI=1S/C15H21F3N2/c1-4-14(3)10-20(11(2)9-19-14)13-8-6-5-7-12(13)15(16,17)18/h5-8,11,19H,4,9-10H2,1-3H3. The number of hydrogen-bond acceptors (Lipinski definition) is 2. The fourth-order valence-electron chi connectivity index (χ4n) is 2.62. The van der Waals surface area contributed by atoms with Crippen molar-refractivity contribution in [3.63, 3.8) is 0 Å². The number of piperazine rings is 1. The molecule has 5 heteroatoms. The lowest BCUT2D eigenvalue weighted by Crippen LogP contribution is -2.62. The van der Waals surface area contributed by atoms with Crippen LogP contribution < -0.4 is 10.2 Å². The Balaban J connectivity index is 2.39. The summed E-state index contributed by atoms with van der Waals surface area (Å²) in [7, 11) is 0. The highest BCUT2D eigenvalue weighted by molar-refractivity contribution is 5.56. The Kier molecular flexibility index (Phi) is 4.00. The van der Waals surface area contributed by atoms with Crippen molar-refractivity contribution in [3.05, 3.63) is 29.8 Å². The lowest BCUT2D eigenvalue weighted by Gasteiger charge is -2.46. The van der Waals surface area contributed by atoms with Gasteiger partial charge in [-0.2, -0.15) is 13.2 Å². The van der Waals surface area contributed by atoms with E-state index in [0.717, 1.165) is 12.5 Å². The summed E-state index contributed by atoms with van der Waals surface area (Å²) in [6, 6.07) is 5.88. The van der Waals surface area contributed by atoms with Crippen molar-refractivity contribution in [1.82, 2.24) is 5.32 Å². The molecule has 2 rings (SSSR count). The fourth-order valence-corrected chi connectivity index (χ4v) is 2.62. The van der Waals surface area contributed by atoms with Gasteiger partial charge in [0.25, 0.3) is 0 Å². The lowest BCUT2D eigenvalue weighted by molar-refractivity contribution is -0.137. The number of nitrogens with zero attached hydrogens (tertiary/aromatic N) is 1.